The van der Waals surface area contributed by atoms with E-state index < -0.39 is 12.0 Å². The number of nitrogens with zero attached hydrogens (tertiary/aromatic N) is 2. The second kappa shape index (κ2) is 7.40. The van der Waals surface area contributed by atoms with Crippen LogP contribution >= 0.6 is 0 Å². The molecular weight excluding hydrogens is 382 g/mol. The minimum absolute atomic E-state index is 0.0369. The van der Waals surface area contributed by atoms with E-state index in [2.05, 4.69) is 5.32 Å². The van der Waals surface area contributed by atoms with E-state index in [9.17, 15) is 19.5 Å². The number of fused-ring (bicyclic) bond motifs is 3. The maximum Gasteiger partial charge on any atom is 0.250 e. The first-order valence-electron chi connectivity index (χ1n) is 10.6. The van der Waals surface area contributed by atoms with Crippen LogP contribution in [0.2, 0.25) is 0 Å². The SMILES string of the molecule is O=C(Nc1ccccc1)[C@@H]1[C@@H](CO)[C@@H]2Cn3c(cccc3=O)[C@@H]2N1C(=O)C1CCC1. The largest absolute Gasteiger partial charge is 0.396 e. The van der Waals surface area contributed by atoms with E-state index in [-0.39, 0.29) is 41.9 Å². The third-order valence-electron chi connectivity index (χ3n) is 6.97. The standard InChI is InChI=1S/C23H25N3O4/c27-13-17-16-12-25-18(10-5-11-19(25)28)20(16)26(23(30)14-6-4-7-14)21(17)22(29)24-15-8-2-1-3-9-15/h1-3,5,8-11,14,16-17,20-21,27H,4,6-7,12-13H2,(H,24,29)/t16-,17-,20+,21-/m0/s1. The van der Waals surface area contributed by atoms with E-state index in [4.69, 9.17) is 0 Å². The number of carbonyl (C=O) groups is 2. The summed E-state index contributed by atoms with van der Waals surface area (Å²) in [5.74, 6) is -1.00. The summed E-state index contributed by atoms with van der Waals surface area (Å²) in [5, 5.41) is 13.2. The molecule has 1 aromatic heterocycles. The molecule has 5 rings (SSSR count). The van der Waals surface area contributed by atoms with Crippen LogP contribution in [-0.4, -0.2) is 39.0 Å². The maximum atomic E-state index is 13.5. The van der Waals surface area contributed by atoms with E-state index in [1.165, 1.54) is 6.07 Å². The fraction of sp³-hybridized carbons (Fsp3) is 0.435. The smallest absolute Gasteiger partial charge is 0.250 e. The Morgan fingerprint density at radius 2 is 1.83 bits per heavy atom. The number of nitrogens with one attached hydrogen (secondary N) is 1. The van der Waals surface area contributed by atoms with Crippen LogP contribution < -0.4 is 10.9 Å². The number of anilines is 1. The molecule has 7 nitrogen and oxygen atoms in total. The third-order valence-corrected chi connectivity index (χ3v) is 6.97. The van der Waals surface area contributed by atoms with Gasteiger partial charge in [0, 0.05) is 48.4 Å². The number of hydrogen-bond donors (Lipinski definition) is 2. The number of carbonyl (C=O) groups excluding carboxylic acids is 2. The van der Waals surface area contributed by atoms with Gasteiger partial charge < -0.3 is 19.9 Å². The van der Waals surface area contributed by atoms with Crippen molar-refractivity contribution in [2.75, 3.05) is 11.9 Å². The van der Waals surface area contributed by atoms with Gasteiger partial charge in [0.1, 0.15) is 6.04 Å². The summed E-state index contributed by atoms with van der Waals surface area (Å²) in [6, 6.07) is 13.1. The summed E-state index contributed by atoms with van der Waals surface area (Å²) in [6.45, 7) is 0.194. The number of likely N-dealkylation sites (tertiary alicyclic amines) is 1. The molecular formula is C23H25N3O4. The Balaban J connectivity index is 1.55. The van der Waals surface area contributed by atoms with E-state index in [0.717, 1.165) is 25.0 Å². The third kappa shape index (κ3) is 2.88. The number of benzene rings is 1. The van der Waals surface area contributed by atoms with Crippen LogP contribution in [0.25, 0.3) is 0 Å². The number of pyridine rings is 1. The van der Waals surface area contributed by atoms with Crippen LogP contribution in [0.3, 0.4) is 0 Å². The number of aliphatic hydroxyl groups excluding tert-OH is 1. The van der Waals surface area contributed by atoms with E-state index in [0.29, 0.717) is 12.2 Å². The van der Waals surface area contributed by atoms with E-state index >= 15 is 0 Å². The van der Waals surface area contributed by atoms with Crippen molar-refractivity contribution in [1.29, 1.82) is 0 Å². The molecule has 2 aromatic rings. The lowest BCUT2D eigenvalue weighted by Crippen LogP contribution is -2.50. The highest BCUT2D eigenvalue weighted by atomic mass is 16.3. The highest BCUT2D eigenvalue weighted by Crippen LogP contribution is 2.50. The summed E-state index contributed by atoms with van der Waals surface area (Å²) in [6.07, 6.45) is 2.66. The fourth-order valence-corrected chi connectivity index (χ4v) is 5.29. The molecule has 156 valence electrons. The topological polar surface area (TPSA) is 91.6 Å². The lowest BCUT2D eigenvalue weighted by atomic mass is 9.84. The average molecular weight is 407 g/mol. The van der Waals surface area contributed by atoms with Gasteiger partial charge in [-0.05, 0) is 31.0 Å². The summed E-state index contributed by atoms with van der Waals surface area (Å²) >= 11 is 0. The number of hydrogen-bond acceptors (Lipinski definition) is 4. The number of aliphatic hydroxyl groups is 1. The maximum absolute atomic E-state index is 13.5. The molecule has 2 aliphatic heterocycles. The lowest BCUT2D eigenvalue weighted by Gasteiger charge is -2.36. The van der Waals surface area contributed by atoms with Gasteiger partial charge in [0.15, 0.2) is 0 Å². The molecule has 0 bridgehead atoms. The van der Waals surface area contributed by atoms with Crippen molar-refractivity contribution < 1.29 is 14.7 Å². The second-order valence-corrected chi connectivity index (χ2v) is 8.53. The van der Waals surface area contributed by atoms with Gasteiger partial charge in [-0.15, -0.1) is 0 Å². The zero-order chi connectivity index (χ0) is 20.8. The van der Waals surface area contributed by atoms with Crippen molar-refractivity contribution in [3.63, 3.8) is 0 Å². The Bertz CT molecular complexity index is 1030. The molecule has 0 unspecified atom stereocenters. The van der Waals surface area contributed by atoms with E-state index in [1.54, 1.807) is 27.7 Å². The minimum atomic E-state index is -0.762. The predicted octanol–water partition coefficient (Wildman–Crippen LogP) is 1.78. The Morgan fingerprint density at radius 3 is 2.50 bits per heavy atom. The quantitative estimate of drug-likeness (QED) is 0.808. The van der Waals surface area contributed by atoms with Crippen LogP contribution in [0.15, 0.2) is 53.3 Å². The van der Waals surface area contributed by atoms with Crippen LogP contribution in [-0.2, 0) is 16.1 Å². The van der Waals surface area contributed by atoms with Crippen molar-refractivity contribution in [2.45, 2.75) is 37.9 Å². The van der Waals surface area contributed by atoms with Gasteiger partial charge in [0.2, 0.25) is 11.8 Å². The van der Waals surface area contributed by atoms with Gasteiger partial charge in [-0.1, -0.05) is 30.7 Å². The van der Waals surface area contributed by atoms with Crippen LogP contribution in [0.5, 0.6) is 0 Å². The van der Waals surface area contributed by atoms with Gasteiger partial charge in [-0.25, -0.2) is 0 Å². The molecule has 1 aliphatic carbocycles. The Morgan fingerprint density at radius 1 is 1.07 bits per heavy atom. The van der Waals surface area contributed by atoms with Crippen molar-refractivity contribution in [3.05, 3.63) is 64.6 Å². The summed E-state index contributed by atoms with van der Waals surface area (Å²) in [4.78, 5) is 40.9. The molecule has 4 atom stereocenters. The first-order valence-corrected chi connectivity index (χ1v) is 10.6. The molecule has 1 aromatic carbocycles. The first-order chi connectivity index (χ1) is 14.6. The Labute approximate surface area is 174 Å². The highest BCUT2D eigenvalue weighted by molar-refractivity contribution is 5.98. The molecule has 7 heteroatoms. The molecule has 3 aliphatic rings. The highest BCUT2D eigenvalue weighted by Gasteiger charge is 2.58. The van der Waals surface area contributed by atoms with Crippen LogP contribution in [0, 0.1) is 17.8 Å². The summed E-state index contributed by atoms with van der Waals surface area (Å²) < 4.78 is 1.68. The van der Waals surface area contributed by atoms with Gasteiger partial charge in [0.25, 0.3) is 5.56 Å². The molecule has 2 amide bonds. The van der Waals surface area contributed by atoms with Gasteiger partial charge in [-0.3, -0.25) is 14.4 Å². The predicted molar refractivity (Wildman–Crippen MR) is 111 cm³/mol. The zero-order valence-corrected chi connectivity index (χ0v) is 16.6. The molecule has 2 N–H and O–H groups in total. The minimum Gasteiger partial charge on any atom is -0.396 e. The van der Waals surface area contributed by atoms with Crippen molar-refractivity contribution >= 4 is 17.5 Å². The zero-order valence-electron chi connectivity index (χ0n) is 16.6. The molecule has 0 radical (unpaired) electrons. The summed E-state index contributed by atoms with van der Waals surface area (Å²) in [7, 11) is 0. The van der Waals surface area contributed by atoms with Crippen molar-refractivity contribution in [3.8, 4) is 0 Å². The van der Waals surface area contributed by atoms with Crippen LogP contribution in [0.1, 0.15) is 31.0 Å². The summed E-state index contributed by atoms with van der Waals surface area (Å²) in [5.41, 5.74) is 1.30. The van der Waals surface area contributed by atoms with Gasteiger partial charge in [0.05, 0.1) is 6.04 Å². The molecule has 1 saturated carbocycles. The Kier molecular flexibility index (Phi) is 4.70. The van der Waals surface area contributed by atoms with Crippen molar-refractivity contribution in [2.24, 2.45) is 17.8 Å². The van der Waals surface area contributed by atoms with Crippen LogP contribution in [0.4, 0.5) is 5.69 Å². The van der Waals surface area contributed by atoms with Crippen molar-refractivity contribution in [1.82, 2.24) is 9.47 Å². The number of amides is 2. The van der Waals surface area contributed by atoms with Gasteiger partial charge >= 0.3 is 0 Å². The molecule has 1 saturated heterocycles. The monoisotopic (exact) mass is 407 g/mol. The molecule has 30 heavy (non-hydrogen) atoms. The average Bonchev–Trinajstić information content (AvgIpc) is 3.22. The Hall–Kier alpha value is -2.93. The second-order valence-electron chi connectivity index (χ2n) is 8.53. The number of rotatable bonds is 4. The number of aromatic nitrogens is 1. The molecule has 0 spiro atoms. The fourth-order valence-electron chi connectivity index (χ4n) is 5.29. The molecule has 3 heterocycles. The number of para-hydroxylation sites is 1. The lowest BCUT2D eigenvalue weighted by molar-refractivity contribution is -0.145. The normalized spacial score (nSPS) is 27.3. The van der Waals surface area contributed by atoms with Gasteiger partial charge in [-0.2, -0.15) is 0 Å². The molecule has 2 fully saturated rings. The first kappa shape index (κ1) is 19.1. The van der Waals surface area contributed by atoms with E-state index in [1.807, 2.05) is 24.3 Å².